The van der Waals surface area contributed by atoms with E-state index in [0.717, 1.165) is 29.7 Å². The van der Waals surface area contributed by atoms with Crippen LogP contribution in [0.1, 0.15) is 53.1 Å². The van der Waals surface area contributed by atoms with E-state index in [1.807, 2.05) is 11.0 Å². The SMILES string of the molecule is COc1ccc(C(=O)N(CCC(C)C)Cc2nc3c(Cc4ccccc4C)cccc3[nH]2)c(OC)c1. The molecule has 0 saturated carbocycles. The first-order valence-corrected chi connectivity index (χ1v) is 12.4. The van der Waals surface area contributed by atoms with Crippen LogP contribution in [0.5, 0.6) is 11.5 Å². The molecule has 0 radical (unpaired) electrons. The molecule has 1 aromatic heterocycles. The minimum absolute atomic E-state index is 0.0873. The van der Waals surface area contributed by atoms with Crippen molar-refractivity contribution in [2.45, 2.75) is 40.2 Å². The number of para-hydroxylation sites is 1. The summed E-state index contributed by atoms with van der Waals surface area (Å²) in [5.74, 6) is 2.30. The Kier molecular flexibility index (Phi) is 7.93. The van der Waals surface area contributed by atoms with Crippen LogP contribution in [0.15, 0.2) is 60.7 Å². The van der Waals surface area contributed by atoms with E-state index in [-0.39, 0.29) is 5.91 Å². The Labute approximate surface area is 213 Å². The smallest absolute Gasteiger partial charge is 0.258 e. The second-order valence-electron chi connectivity index (χ2n) is 9.58. The maximum atomic E-state index is 13.7. The average molecular weight is 486 g/mol. The van der Waals surface area contributed by atoms with Gasteiger partial charge in [0.25, 0.3) is 5.91 Å². The third-order valence-electron chi connectivity index (χ3n) is 6.53. The minimum atomic E-state index is -0.0873. The van der Waals surface area contributed by atoms with Gasteiger partial charge in [-0.05, 0) is 60.6 Å². The highest BCUT2D eigenvalue weighted by Gasteiger charge is 2.22. The third kappa shape index (κ3) is 5.70. The van der Waals surface area contributed by atoms with Gasteiger partial charge < -0.3 is 19.4 Å². The van der Waals surface area contributed by atoms with Crippen LogP contribution in [-0.2, 0) is 13.0 Å². The number of nitrogens with one attached hydrogen (secondary N) is 1. The summed E-state index contributed by atoms with van der Waals surface area (Å²) in [7, 11) is 3.17. The molecule has 0 atom stereocenters. The number of hydrogen-bond acceptors (Lipinski definition) is 4. The average Bonchev–Trinajstić information content (AvgIpc) is 3.30. The van der Waals surface area contributed by atoms with Gasteiger partial charge in [-0.15, -0.1) is 0 Å². The van der Waals surface area contributed by atoms with E-state index < -0.39 is 0 Å². The number of nitrogens with zero attached hydrogens (tertiary/aromatic N) is 2. The number of carbonyl (C=O) groups is 1. The predicted octanol–water partition coefficient (Wildman–Crippen LogP) is 6.17. The summed E-state index contributed by atoms with van der Waals surface area (Å²) in [5.41, 5.74) is 6.17. The van der Waals surface area contributed by atoms with Crippen LogP contribution in [0, 0.1) is 12.8 Å². The molecule has 0 saturated heterocycles. The second-order valence-corrected chi connectivity index (χ2v) is 9.58. The van der Waals surface area contributed by atoms with Crippen molar-refractivity contribution in [3.63, 3.8) is 0 Å². The van der Waals surface area contributed by atoms with Crippen LogP contribution in [0.25, 0.3) is 11.0 Å². The predicted molar refractivity (Wildman–Crippen MR) is 144 cm³/mol. The molecule has 0 aliphatic rings. The Balaban J connectivity index is 1.64. The number of aromatic amines is 1. The lowest BCUT2D eigenvalue weighted by Crippen LogP contribution is -2.33. The molecule has 0 bridgehead atoms. The first kappa shape index (κ1) is 25.3. The van der Waals surface area contributed by atoms with E-state index in [9.17, 15) is 4.79 Å². The van der Waals surface area contributed by atoms with Gasteiger partial charge >= 0.3 is 0 Å². The Morgan fingerprint density at radius 1 is 1.00 bits per heavy atom. The zero-order valence-electron chi connectivity index (χ0n) is 21.8. The van der Waals surface area contributed by atoms with Crippen LogP contribution in [0.2, 0.25) is 0 Å². The van der Waals surface area contributed by atoms with Crippen LogP contribution < -0.4 is 9.47 Å². The third-order valence-corrected chi connectivity index (χ3v) is 6.53. The van der Waals surface area contributed by atoms with Crippen molar-refractivity contribution in [2.24, 2.45) is 5.92 Å². The lowest BCUT2D eigenvalue weighted by molar-refractivity contribution is 0.0728. The maximum absolute atomic E-state index is 13.7. The number of benzene rings is 3. The number of rotatable bonds is 10. The molecule has 3 aromatic carbocycles. The molecule has 0 aliphatic heterocycles. The fourth-order valence-corrected chi connectivity index (χ4v) is 4.37. The number of amides is 1. The molecule has 1 amide bonds. The summed E-state index contributed by atoms with van der Waals surface area (Å²) < 4.78 is 10.8. The lowest BCUT2D eigenvalue weighted by Gasteiger charge is -2.24. The van der Waals surface area contributed by atoms with E-state index in [4.69, 9.17) is 14.5 Å². The molecule has 188 valence electrons. The van der Waals surface area contributed by atoms with Crippen LogP contribution in [0.4, 0.5) is 0 Å². The standard InChI is InChI=1S/C30H35N3O3/c1-20(2)15-16-33(30(34)25-14-13-24(35-4)18-27(25)36-5)19-28-31-26-12-8-11-23(29(26)32-28)17-22-10-7-6-9-21(22)3/h6-14,18,20H,15-17,19H2,1-5H3,(H,31,32). The van der Waals surface area contributed by atoms with Crippen molar-refractivity contribution < 1.29 is 14.3 Å². The molecule has 0 unspecified atom stereocenters. The summed E-state index contributed by atoms with van der Waals surface area (Å²) in [4.78, 5) is 23.9. The Morgan fingerprint density at radius 3 is 2.50 bits per heavy atom. The van der Waals surface area contributed by atoms with Gasteiger partial charge in [0, 0.05) is 12.6 Å². The number of fused-ring (bicyclic) bond motifs is 1. The number of aromatic nitrogens is 2. The van der Waals surface area contributed by atoms with Crippen molar-refractivity contribution in [1.29, 1.82) is 0 Å². The summed E-state index contributed by atoms with van der Waals surface area (Å²) >= 11 is 0. The summed E-state index contributed by atoms with van der Waals surface area (Å²) in [6.45, 7) is 7.47. The topological polar surface area (TPSA) is 67.5 Å². The van der Waals surface area contributed by atoms with Crippen molar-refractivity contribution in [3.05, 3.63) is 88.7 Å². The van der Waals surface area contributed by atoms with E-state index in [1.165, 1.54) is 16.7 Å². The van der Waals surface area contributed by atoms with E-state index >= 15 is 0 Å². The quantitative estimate of drug-likeness (QED) is 0.292. The molecule has 4 aromatic rings. The molecule has 0 aliphatic carbocycles. The number of ether oxygens (including phenoxy) is 2. The van der Waals surface area contributed by atoms with Gasteiger partial charge in [-0.2, -0.15) is 0 Å². The van der Waals surface area contributed by atoms with E-state index in [0.29, 0.717) is 36.1 Å². The highest BCUT2D eigenvalue weighted by atomic mass is 16.5. The summed E-state index contributed by atoms with van der Waals surface area (Å²) in [6.07, 6.45) is 1.70. The van der Waals surface area contributed by atoms with Gasteiger partial charge in [0.2, 0.25) is 0 Å². The Bertz CT molecular complexity index is 1340. The van der Waals surface area contributed by atoms with Crippen LogP contribution in [-0.4, -0.2) is 41.5 Å². The molecule has 6 heteroatoms. The van der Waals surface area contributed by atoms with Gasteiger partial charge in [0.1, 0.15) is 17.3 Å². The molecule has 1 N–H and O–H groups in total. The molecule has 6 nitrogen and oxygen atoms in total. The van der Waals surface area contributed by atoms with Gasteiger partial charge in [0.15, 0.2) is 0 Å². The number of hydrogen-bond donors (Lipinski definition) is 1. The molecule has 0 spiro atoms. The normalized spacial score (nSPS) is 11.2. The minimum Gasteiger partial charge on any atom is -0.497 e. The van der Waals surface area contributed by atoms with Crippen molar-refractivity contribution in [3.8, 4) is 11.5 Å². The highest BCUT2D eigenvalue weighted by Crippen LogP contribution is 2.27. The maximum Gasteiger partial charge on any atom is 0.258 e. The molecular weight excluding hydrogens is 450 g/mol. The number of imidazole rings is 1. The van der Waals surface area contributed by atoms with Gasteiger partial charge in [-0.3, -0.25) is 4.79 Å². The Morgan fingerprint density at radius 2 is 1.78 bits per heavy atom. The fraction of sp³-hybridized carbons (Fsp3) is 0.333. The molecular formula is C30H35N3O3. The number of carbonyl (C=O) groups excluding carboxylic acids is 1. The molecule has 36 heavy (non-hydrogen) atoms. The second kappa shape index (κ2) is 11.3. The van der Waals surface area contributed by atoms with Gasteiger partial charge in [0.05, 0.1) is 37.4 Å². The lowest BCUT2D eigenvalue weighted by atomic mass is 10.00. The first-order valence-electron chi connectivity index (χ1n) is 12.4. The first-order chi connectivity index (χ1) is 17.4. The largest absolute Gasteiger partial charge is 0.497 e. The molecule has 0 fully saturated rings. The zero-order valence-corrected chi connectivity index (χ0v) is 21.8. The Hall–Kier alpha value is -3.80. The van der Waals surface area contributed by atoms with Crippen molar-refractivity contribution in [2.75, 3.05) is 20.8 Å². The number of H-pyrrole nitrogens is 1. The zero-order chi connectivity index (χ0) is 25.7. The van der Waals surface area contributed by atoms with E-state index in [2.05, 4.69) is 62.2 Å². The number of methoxy groups -OCH3 is 2. The highest BCUT2D eigenvalue weighted by molar-refractivity contribution is 5.97. The van der Waals surface area contributed by atoms with E-state index in [1.54, 1.807) is 32.4 Å². The number of aryl methyl sites for hydroxylation is 1. The van der Waals surface area contributed by atoms with Crippen molar-refractivity contribution in [1.82, 2.24) is 14.9 Å². The van der Waals surface area contributed by atoms with Gasteiger partial charge in [-0.25, -0.2) is 4.98 Å². The molecule has 1 heterocycles. The summed E-state index contributed by atoms with van der Waals surface area (Å²) in [6, 6.07) is 20.0. The van der Waals surface area contributed by atoms with Gasteiger partial charge in [-0.1, -0.05) is 50.2 Å². The van der Waals surface area contributed by atoms with Crippen LogP contribution >= 0.6 is 0 Å². The fourth-order valence-electron chi connectivity index (χ4n) is 4.37. The monoisotopic (exact) mass is 485 g/mol. The molecule has 4 rings (SSSR count). The summed E-state index contributed by atoms with van der Waals surface area (Å²) in [5, 5.41) is 0. The van der Waals surface area contributed by atoms with Crippen LogP contribution in [0.3, 0.4) is 0 Å². The van der Waals surface area contributed by atoms with Crippen molar-refractivity contribution >= 4 is 16.9 Å².